The number of nitrogens with zero attached hydrogens (tertiary/aromatic N) is 1. The average Bonchev–Trinajstić information content (AvgIpc) is 2.45. The van der Waals surface area contributed by atoms with Crippen LogP contribution in [0, 0.1) is 5.92 Å². The van der Waals surface area contributed by atoms with Crippen molar-refractivity contribution in [3.05, 3.63) is 34.3 Å². The normalized spacial score (nSPS) is 22.1. The molecule has 0 aliphatic carbocycles. The molecule has 2 rings (SSSR count). The number of carbonyl (C=O) groups excluding carboxylic acids is 1. The molecule has 5 heteroatoms. The van der Waals surface area contributed by atoms with E-state index in [9.17, 15) is 14.7 Å². The first kappa shape index (κ1) is 16.0. The van der Waals surface area contributed by atoms with Gasteiger partial charge < -0.3 is 10.0 Å². The second-order valence-corrected chi connectivity index (χ2v) is 6.46. The number of hydrogen-bond acceptors (Lipinski definition) is 2. The van der Waals surface area contributed by atoms with Crippen LogP contribution in [0.25, 0.3) is 0 Å². The monoisotopic (exact) mass is 353 g/mol. The molecule has 0 aromatic heterocycles. The lowest BCUT2D eigenvalue weighted by atomic mass is 9.90. The molecule has 0 bridgehead atoms. The number of piperidine rings is 1. The Bertz CT molecular complexity index is 532. The van der Waals surface area contributed by atoms with Gasteiger partial charge in [-0.1, -0.05) is 28.1 Å². The number of carbonyl (C=O) groups is 2. The van der Waals surface area contributed by atoms with Crippen LogP contribution in [0.2, 0.25) is 0 Å². The Morgan fingerprint density at radius 2 is 2.19 bits per heavy atom. The topological polar surface area (TPSA) is 57.6 Å². The van der Waals surface area contributed by atoms with Crippen molar-refractivity contribution in [3.8, 4) is 0 Å². The lowest BCUT2D eigenvalue weighted by molar-refractivity contribution is -0.149. The molecule has 0 spiro atoms. The van der Waals surface area contributed by atoms with Gasteiger partial charge in [0.25, 0.3) is 0 Å². The highest BCUT2D eigenvalue weighted by Crippen LogP contribution is 2.24. The van der Waals surface area contributed by atoms with Gasteiger partial charge in [-0.15, -0.1) is 0 Å². The second kappa shape index (κ2) is 7.07. The largest absolute Gasteiger partial charge is 0.481 e. The highest BCUT2D eigenvalue weighted by atomic mass is 79.9. The number of likely N-dealkylation sites (tertiary alicyclic amines) is 1. The van der Waals surface area contributed by atoms with Crippen molar-refractivity contribution in [1.29, 1.82) is 0 Å². The van der Waals surface area contributed by atoms with Crippen LogP contribution in [0.1, 0.15) is 31.7 Å². The molecule has 4 nitrogen and oxygen atoms in total. The maximum absolute atomic E-state index is 12.4. The van der Waals surface area contributed by atoms with Crippen LogP contribution in [-0.2, 0) is 16.0 Å². The molecule has 21 heavy (non-hydrogen) atoms. The number of carboxylic acids is 1. The van der Waals surface area contributed by atoms with Crippen LogP contribution in [0.15, 0.2) is 28.7 Å². The Balaban J connectivity index is 1.95. The summed E-state index contributed by atoms with van der Waals surface area (Å²) >= 11 is 3.42. The average molecular weight is 354 g/mol. The van der Waals surface area contributed by atoms with Crippen molar-refractivity contribution in [1.82, 2.24) is 4.90 Å². The van der Waals surface area contributed by atoms with Gasteiger partial charge in [0, 0.05) is 23.5 Å². The zero-order valence-corrected chi connectivity index (χ0v) is 13.7. The molecule has 1 amide bonds. The van der Waals surface area contributed by atoms with E-state index in [1.807, 2.05) is 31.2 Å². The fourth-order valence-corrected chi connectivity index (χ4v) is 3.36. The molecular weight excluding hydrogens is 334 g/mol. The molecular formula is C16H20BrNO3. The fraction of sp³-hybridized carbons (Fsp3) is 0.500. The molecule has 0 unspecified atom stereocenters. The Morgan fingerprint density at radius 3 is 2.86 bits per heavy atom. The summed E-state index contributed by atoms with van der Waals surface area (Å²) < 4.78 is 1.00. The third kappa shape index (κ3) is 4.06. The molecule has 1 aromatic rings. The van der Waals surface area contributed by atoms with Crippen molar-refractivity contribution in [3.63, 3.8) is 0 Å². The van der Waals surface area contributed by atoms with Gasteiger partial charge in [-0.25, -0.2) is 0 Å². The standard InChI is InChI=1S/C16H20BrNO3/c1-11-14(16(20)21)6-3-9-18(11)15(19)8-7-12-4-2-5-13(17)10-12/h2,4-5,10-11,14H,3,6-9H2,1H3,(H,20,21)/t11-,14-/m1/s1. The first-order valence-corrected chi connectivity index (χ1v) is 8.05. The zero-order valence-electron chi connectivity index (χ0n) is 12.1. The van der Waals surface area contributed by atoms with E-state index >= 15 is 0 Å². The molecule has 1 saturated heterocycles. The Labute approximate surface area is 133 Å². The maximum Gasteiger partial charge on any atom is 0.308 e. The van der Waals surface area contributed by atoms with E-state index in [1.165, 1.54) is 0 Å². The molecule has 0 saturated carbocycles. The summed E-state index contributed by atoms with van der Waals surface area (Å²) in [6, 6.07) is 7.69. The predicted molar refractivity (Wildman–Crippen MR) is 84.0 cm³/mol. The number of hydrogen-bond donors (Lipinski definition) is 1. The maximum atomic E-state index is 12.4. The number of carboxylic acid groups (broad SMARTS) is 1. The fourth-order valence-electron chi connectivity index (χ4n) is 2.91. The van der Waals surface area contributed by atoms with Gasteiger partial charge in [0.15, 0.2) is 0 Å². The van der Waals surface area contributed by atoms with E-state index in [0.29, 0.717) is 25.8 Å². The van der Waals surface area contributed by atoms with Gasteiger partial charge in [-0.2, -0.15) is 0 Å². The number of halogens is 1. The summed E-state index contributed by atoms with van der Waals surface area (Å²) in [4.78, 5) is 25.3. The summed E-state index contributed by atoms with van der Waals surface area (Å²) in [6.07, 6.45) is 2.53. The molecule has 1 N–H and O–H groups in total. The van der Waals surface area contributed by atoms with E-state index in [1.54, 1.807) is 4.90 Å². The summed E-state index contributed by atoms with van der Waals surface area (Å²) in [5, 5.41) is 9.20. The predicted octanol–water partition coefficient (Wildman–Crippen LogP) is 3.09. The molecule has 2 atom stereocenters. The van der Waals surface area contributed by atoms with E-state index in [4.69, 9.17) is 0 Å². The number of amides is 1. The van der Waals surface area contributed by atoms with Crippen LogP contribution in [-0.4, -0.2) is 34.5 Å². The van der Waals surface area contributed by atoms with Crippen LogP contribution in [0.3, 0.4) is 0 Å². The molecule has 1 aliphatic rings. The van der Waals surface area contributed by atoms with E-state index in [0.717, 1.165) is 16.5 Å². The summed E-state index contributed by atoms with van der Waals surface area (Å²) in [7, 11) is 0. The highest BCUT2D eigenvalue weighted by molar-refractivity contribution is 9.10. The molecule has 1 aromatic carbocycles. The van der Waals surface area contributed by atoms with Crippen molar-refractivity contribution >= 4 is 27.8 Å². The number of rotatable bonds is 4. The van der Waals surface area contributed by atoms with Gasteiger partial charge in [0.2, 0.25) is 5.91 Å². The second-order valence-electron chi connectivity index (χ2n) is 5.54. The summed E-state index contributed by atoms with van der Waals surface area (Å²) in [5.41, 5.74) is 1.11. The lowest BCUT2D eigenvalue weighted by Gasteiger charge is -2.37. The SMILES string of the molecule is C[C@@H]1[C@H](C(=O)O)CCCN1C(=O)CCc1cccc(Br)c1. The smallest absolute Gasteiger partial charge is 0.308 e. The number of aryl methyl sites for hydroxylation is 1. The molecule has 1 fully saturated rings. The van der Waals surface area contributed by atoms with Gasteiger partial charge in [-0.05, 0) is 43.9 Å². The number of benzene rings is 1. The lowest BCUT2D eigenvalue weighted by Crippen LogP contribution is -2.49. The van der Waals surface area contributed by atoms with Crippen molar-refractivity contribution < 1.29 is 14.7 Å². The summed E-state index contributed by atoms with van der Waals surface area (Å²) in [5.74, 6) is -1.19. The van der Waals surface area contributed by atoms with Gasteiger partial charge in [0.05, 0.1) is 5.92 Å². The van der Waals surface area contributed by atoms with Crippen molar-refractivity contribution in [2.75, 3.05) is 6.54 Å². The van der Waals surface area contributed by atoms with E-state index in [2.05, 4.69) is 15.9 Å². The Kier molecular flexibility index (Phi) is 5.39. The van der Waals surface area contributed by atoms with Gasteiger partial charge in [-0.3, -0.25) is 9.59 Å². The molecule has 114 valence electrons. The van der Waals surface area contributed by atoms with E-state index < -0.39 is 11.9 Å². The Hall–Kier alpha value is -1.36. The molecule has 1 heterocycles. The first-order valence-electron chi connectivity index (χ1n) is 7.25. The minimum atomic E-state index is -0.799. The minimum Gasteiger partial charge on any atom is -0.481 e. The minimum absolute atomic E-state index is 0.0495. The third-order valence-corrected chi connectivity index (χ3v) is 4.64. The van der Waals surface area contributed by atoms with Crippen molar-refractivity contribution in [2.45, 2.75) is 38.6 Å². The molecule has 1 aliphatic heterocycles. The van der Waals surface area contributed by atoms with Crippen LogP contribution in [0.4, 0.5) is 0 Å². The highest BCUT2D eigenvalue weighted by Gasteiger charge is 2.34. The number of aliphatic carboxylic acids is 1. The zero-order chi connectivity index (χ0) is 15.4. The first-order chi connectivity index (χ1) is 9.99. The summed E-state index contributed by atoms with van der Waals surface area (Å²) in [6.45, 7) is 2.51. The van der Waals surface area contributed by atoms with Crippen molar-refractivity contribution in [2.24, 2.45) is 5.92 Å². The quantitative estimate of drug-likeness (QED) is 0.904. The van der Waals surface area contributed by atoms with Crippen LogP contribution >= 0.6 is 15.9 Å². The Morgan fingerprint density at radius 1 is 1.43 bits per heavy atom. The van der Waals surface area contributed by atoms with E-state index in [-0.39, 0.29) is 11.9 Å². The molecule has 0 radical (unpaired) electrons. The van der Waals surface area contributed by atoms with Gasteiger partial charge in [0.1, 0.15) is 0 Å². The van der Waals surface area contributed by atoms with Crippen LogP contribution < -0.4 is 0 Å². The third-order valence-electron chi connectivity index (χ3n) is 4.14. The van der Waals surface area contributed by atoms with Crippen LogP contribution in [0.5, 0.6) is 0 Å². The van der Waals surface area contributed by atoms with Gasteiger partial charge >= 0.3 is 5.97 Å².